The van der Waals surface area contributed by atoms with Crippen molar-refractivity contribution < 1.29 is 24.2 Å². The molecule has 1 aromatic carbocycles. The highest BCUT2D eigenvalue weighted by molar-refractivity contribution is 5.84. The lowest BCUT2D eigenvalue weighted by Gasteiger charge is -2.20. The first-order chi connectivity index (χ1) is 9.97. The summed E-state index contributed by atoms with van der Waals surface area (Å²) >= 11 is 0. The van der Waals surface area contributed by atoms with Crippen molar-refractivity contribution in [3.63, 3.8) is 0 Å². The third-order valence-corrected chi connectivity index (χ3v) is 3.21. The minimum Gasteiger partial charge on any atom is -0.497 e. The van der Waals surface area contributed by atoms with Crippen molar-refractivity contribution in [3.8, 4) is 11.5 Å². The van der Waals surface area contributed by atoms with E-state index < -0.39 is 17.9 Å². The first-order valence-corrected chi connectivity index (χ1v) is 6.77. The van der Waals surface area contributed by atoms with Gasteiger partial charge in [0.2, 0.25) is 0 Å². The summed E-state index contributed by atoms with van der Waals surface area (Å²) in [6.45, 7) is 3.41. The molecule has 0 spiro atoms. The Morgan fingerprint density at radius 3 is 2.57 bits per heavy atom. The van der Waals surface area contributed by atoms with Crippen LogP contribution >= 0.6 is 0 Å². The highest BCUT2D eigenvalue weighted by Gasteiger charge is 2.25. The van der Waals surface area contributed by atoms with E-state index in [0.29, 0.717) is 17.9 Å². The Morgan fingerprint density at radius 1 is 1.33 bits per heavy atom. The number of carboxylic acids is 1. The van der Waals surface area contributed by atoms with Gasteiger partial charge in [0.25, 0.3) is 5.91 Å². The molecule has 6 nitrogen and oxygen atoms in total. The smallest absolute Gasteiger partial charge is 0.326 e. The Kier molecular flexibility index (Phi) is 6.52. The van der Waals surface area contributed by atoms with Crippen LogP contribution in [0.1, 0.15) is 20.3 Å². The zero-order valence-corrected chi connectivity index (χ0v) is 12.5. The third-order valence-electron chi connectivity index (χ3n) is 3.21. The normalized spacial score (nSPS) is 13.1. The van der Waals surface area contributed by atoms with E-state index in [1.807, 2.05) is 6.92 Å². The average Bonchev–Trinajstić information content (AvgIpc) is 2.49. The largest absolute Gasteiger partial charge is 0.497 e. The van der Waals surface area contributed by atoms with Crippen LogP contribution in [0.3, 0.4) is 0 Å². The van der Waals surface area contributed by atoms with Gasteiger partial charge < -0.3 is 19.9 Å². The topological polar surface area (TPSA) is 84.9 Å². The van der Waals surface area contributed by atoms with E-state index >= 15 is 0 Å². The van der Waals surface area contributed by atoms with Crippen molar-refractivity contribution in [2.75, 3.05) is 13.7 Å². The Morgan fingerprint density at radius 2 is 2.00 bits per heavy atom. The Labute approximate surface area is 124 Å². The zero-order valence-electron chi connectivity index (χ0n) is 12.5. The second-order valence-electron chi connectivity index (χ2n) is 4.74. The van der Waals surface area contributed by atoms with E-state index in [1.54, 1.807) is 31.2 Å². The van der Waals surface area contributed by atoms with Gasteiger partial charge in [0.1, 0.15) is 17.5 Å². The van der Waals surface area contributed by atoms with E-state index in [0.717, 1.165) is 0 Å². The van der Waals surface area contributed by atoms with E-state index in [-0.39, 0.29) is 12.5 Å². The predicted octanol–water partition coefficient (Wildman–Crippen LogP) is 1.69. The van der Waals surface area contributed by atoms with E-state index in [4.69, 9.17) is 14.6 Å². The molecular weight excluding hydrogens is 274 g/mol. The maximum atomic E-state index is 11.8. The molecule has 21 heavy (non-hydrogen) atoms. The van der Waals surface area contributed by atoms with Crippen LogP contribution in [0.5, 0.6) is 11.5 Å². The lowest BCUT2D eigenvalue weighted by molar-refractivity contribution is -0.143. The Bertz CT molecular complexity index is 489. The molecule has 2 N–H and O–H groups in total. The summed E-state index contributed by atoms with van der Waals surface area (Å²) < 4.78 is 10.4. The third kappa shape index (κ3) is 5.33. The molecule has 0 aliphatic heterocycles. The number of carbonyl (C=O) groups is 2. The molecule has 0 aromatic heterocycles. The number of ether oxygens (including phenoxy) is 2. The summed E-state index contributed by atoms with van der Waals surface area (Å²) in [6.07, 6.45) is 0.661. The van der Waals surface area contributed by atoms with Crippen LogP contribution in [0.2, 0.25) is 0 Å². The van der Waals surface area contributed by atoms with Gasteiger partial charge in [-0.25, -0.2) is 4.79 Å². The quantitative estimate of drug-likeness (QED) is 0.762. The van der Waals surface area contributed by atoms with Gasteiger partial charge in [-0.1, -0.05) is 26.3 Å². The molecule has 2 atom stereocenters. The molecule has 0 radical (unpaired) electrons. The second kappa shape index (κ2) is 8.14. The molecule has 1 rings (SSSR count). The highest BCUT2D eigenvalue weighted by atomic mass is 16.5. The average molecular weight is 295 g/mol. The number of hydrogen-bond acceptors (Lipinski definition) is 4. The van der Waals surface area contributed by atoms with E-state index in [2.05, 4.69) is 5.32 Å². The number of aliphatic carboxylic acids is 1. The summed E-state index contributed by atoms with van der Waals surface area (Å²) in [4.78, 5) is 22.9. The number of hydrogen-bond donors (Lipinski definition) is 2. The summed E-state index contributed by atoms with van der Waals surface area (Å²) in [6, 6.07) is 5.94. The SMILES string of the molecule is CC[C@H](C)[C@H](NC(=O)COc1cccc(OC)c1)C(=O)O. The molecule has 116 valence electrons. The van der Waals surface area contributed by atoms with Crippen LogP contribution in [0.25, 0.3) is 0 Å². The molecule has 1 aromatic rings. The Balaban J connectivity index is 2.54. The molecule has 0 aliphatic carbocycles. The standard InChI is InChI=1S/C15H21NO5/c1-4-10(2)14(15(18)19)16-13(17)9-21-12-7-5-6-11(8-12)20-3/h5-8,10,14H,4,9H2,1-3H3,(H,16,17)(H,18,19)/t10-,14-/m0/s1. The fourth-order valence-corrected chi connectivity index (χ4v) is 1.74. The van der Waals surface area contributed by atoms with Crippen molar-refractivity contribution in [3.05, 3.63) is 24.3 Å². The molecule has 0 heterocycles. The fraction of sp³-hybridized carbons (Fsp3) is 0.467. The molecule has 6 heteroatoms. The van der Waals surface area contributed by atoms with Crippen LogP contribution in [0, 0.1) is 5.92 Å². The molecular formula is C15H21NO5. The molecule has 0 unspecified atom stereocenters. The van der Waals surface area contributed by atoms with Crippen molar-refractivity contribution in [2.45, 2.75) is 26.3 Å². The van der Waals surface area contributed by atoms with E-state index in [9.17, 15) is 9.59 Å². The van der Waals surface area contributed by atoms with Crippen molar-refractivity contribution in [1.29, 1.82) is 0 Å². The number of rotatable bonds is 8. The number of carboxylic acid groups (broad SMARTS) is 1. The van der Waals surface area contributed by atoms with Crippen molar-refractivity contribution in [2.24, 2.45) is 5.92 Å². The number of benzene rings is 1. The van der Waals surface area contributed by atoms with Crippen LogP contribution in [-0.4, -0.2) is 36.7 Å². The summed E-state index contributed by atoms with van der Waals surface area (Å²) in [5.41, 5.74) is 0. The van der Waals surface area contributed by atoms with Crippen LogP contribution in [-0.2, 0) is 9.59 Å². The molecule has 0 saturated heterocycles. The lowest BCUT2D eigenvalue weighted by atomic mass is 9.99. The van der Waals surface area contributed by atoms with Crippen LogP contribution < -0.4 is 14.8 Å². The Hall–Kier alpha value is -2.24. The lowest BCUT2D eigenvalue weighted by Crippen LogP contribution is -2.46. The van der Waals surface area contributed by atoms with Crippen LogP contribution in [0.15, 0.2) is 24.3 Å². The van der Waals surface area contributed by atoms with Gasteiger partial charge in [-0.15, -0.1) is 0 Å². The molecule has 0 aliphatic rings. The molecule has 0 bridgehead atoms. The first kappa shape index (κ1) is 16.8. The van der Waals surface area contributed by atoms with Gasteiger partial charge in [-0.05, 0) is 18.1 Å². The summed E-state index contributed by atoms with van der Waals surface area (Å²) in [5.74, 6) is -0.552. The molecule has 0 saturated carbocycles. The van der Waals surface area contributed by atoms with Gasteiger partial charge in [0.05, 0.1) is 7.11 Å². The maximum absolute atomic E-state index is 11.8. The number of methoxy groups -OCH3 is 1. The maximum Gasteiger partial charge on any atom is 0.326 e. The van der Waals surface area contributed by atoms with Gasteiger partial charge in [0, 0.05) is 6.07 Å². The van der Waals surface area contributed by atoms with Gasteiger partial charge in [-0.2, -0.15) is 0 Å². The van der Waals surface area contributed by atoms with Crippen molar-refractivity contribution >= 4 is 11.9 Å². The summed E-state index contributed by atoms with van der Waals surface area (Å²) in [7, 11) is 1.54. The minimum absolute atomic E-state index is 0.150. The minimum atomic E-state index is -1.04. The van der Waals surface area contributed by atoms with Gasteiger partial charge in [0.15, 0.2) is 6.61 Å². The molecule has 1 amide bonds. The van der Waals surface area contributed by atoms with Crippen molar-refractivity contribution in [1.82, 2.24) is 5.32 Å². The molecule has 0 fully saturated rings. The number of nitrogens with one attached hydrogen (secondary N) is 1. The number of amides is 1. The van der Waals surface area contributed by atoms with Gasteiger partial charge in [-0.3, -0.25) is 4.79 Å². The monoisotopic (exact) mass is 295 g/mol. The predicted molar refractivity (Wildman–Crippen MR) is 77.5 cm³/mol. The first-order valence-electron chi connectivity index (χ1n) is 6.77. The van der Waals surface area contributed by atoms with Gasteiger partial charge >= 0.3 is 5.97 Å². The number of carbonyl (C=O) groups excluding carboxylic acids is 1. The fourth-order valence-electron chi connectivity index (χ4n) is 1.74. The van der Waals surface area contributed by atoms with Crippen LogP contribution in [0.4, 0.5) is 0 Å². The van der Waals surface area contributed by atoms with E-state index in [1.165, 1.54) is 7.11 Å². The highest BCUT2D eigenvalue weighted by Crippen LogP contribution is 2.18. The zero-order chi connectivity index (χ0) is 15.8. The summed E-state index contributed by atoms with van der Waals surface area (Å²) in [5, 5.41) is 11.6. The second-order valence-corrected chi connectivity index (χ2v) is 4.74.